The maximum absolute atomic E-state index is 12.2. The number of aliphatic hydroxyl groups excluding tert-OH is 1. The number of carbonyl (C=O) groups excluding carboxylic acids is 3. The molecule has 0 aromatic heterocycles. The van der Waals surface area contributed by atoms with Crippen LogP contribution in [0.2, 0.25) is 0 Å². The second kappa shape index (κ2) is 51.0. The first kappa shape index (κ1) is 89.7. The molecule has 0 aromatic rings. The predicted molar refractivity (Wildman–Crippen MR) is 374 cm³/mol. The molecule has 3 amide bonds. The molecule has 0 aliphatic heterocycles. The van der Waals surface area contributed by atoms with Gasteiger partial charge in [-0.2, -0.15) is 0 Å². The third kappa shape index (κ3) is 49.7. The minimum atomic E-state index is -0.829. The van der Waals surface area contributed by atoms with Crippen molar-refractivity contribution in [3.63, 3.8) is 0 Å². The molecular weight excluding hydrogens is 1050 g/mol. The molecule has 12 atom stereocenters. The number of nitrogens with one attached hydrogen (secondary N) is 3. The first-order valence-electron chi connectivity index (χ1n) is 36.0. The maximum atomic E-state index is 12.2. The van der Waals surface area contributed by atoms with Crippen molar-refractivity contribution in [2.75, 3.05) is 6.54 Å². The number of hydrogen-bond donors (Lipinski definition) is 6. The van der Waals surface area contributed by atoms with Crippen molar-refractivity contribution in [2.24, 2.45) is 76.9 Å². The normalized spacial score (nSPS) is 17.2. The summed E-state index contributed by atoms with van der Waals surface area (Å²) >= 11 is 0. The molecule has 85 heavy (non-hydrogen) atoms. The van der Waals surface area contributed by atoms with Crippen molar-refractivity contribution < 1.29 is 29.7 Å². The molecule has 512 valence electrons. The van der Waals surface area contributed by atoms with Gasteiger partial charge in [-0.05, 0) is 106 Å². The van der Waals surface area contributed by atoms with Crippen molar-refractivity contribution in [1.29, 1.82) is 0 Å². The SMILES string of the molecule is C.CC(C)CCCC(C)CCCC(C)CCCC(C)(O)C(C)CNC(=O)C(C)C.CCC(NC(=O)C(C)C)C(C)(O)CCCC(C)CCCC(C)CCCC(C)C.CCC(O)C(C)(CCCC(C)CCCC(C)CCCC(C)C)NC(=O)C(C)C. The molecular formula is C76H157N3O6. The van der Waals surface area contributed by atoms with Gasteiger partial charge in [0.15, 0.2) is 0 Å². The Morgan fingerprint density at radius 3 is 0.941 bits per heavy atom. The van der Waals surface area contributed by atoms with E-state index in [0.29, 0.717) is 24.8 Å². The first-order valence-corrected chi connectivity index (χ1v) is 36.0. The Kier molecular flexibility index (Phi) is 53.8. The van der Waals surface area contributed by atoms with E-state index >= 15 is 0 Å². The molecule has 0 saturated carbocycles. The van der Waals surface area contributed by atoms with Crippen LogP contribution in [0.1, 0.15) is 360 Å². The largest absolute Gasteiger partial charge is 0.391 e. The van der Waals surface area contributed by atoms with Gasteiger partial charge >= 0.3 is 0 Å². The van der Waals surface area contributed by atoms with Crippen LogP contribution in [0.5, 0.6) is 0 Å². The Balaban J connectivity index is -0.000000576. The van der Waals surface area contributed by atoms with E-state index in [1.165, 1.54) is 128 Å². The molecule has 0 aromatic carbocycles. The van der Waals surface area contributed by atoms with E-state index in [-0.39, 0.29) is 54.9 Å². The summed E-state index contributed by atoms with van der Waals surface area (Å²) in [6.07, 6.45) is 34.2. The molecule has 6 N–H and O–H groups in total. The van der Waals surface area contributed by atoms with Crippen molar-refractivity contribution in [2.45, 2.75) is 389 Å². The fourth-order valence-electron chi connectivity index (χ4n) is 11.7. The molecule has 0 spiro atoms. The average molecular weight is 1210 g/mol. The van der Waals surface area contributed by atoms with Gasteiger partial charge in [-0.25, -0.2) is 0 Å². The Morgan fingerprint density at radius 2 is 0.659 bits per heavy atom. The van der Waals surface area contributed by atoms with Crippen molar-refractivity contribution >= 4 is 17.7 Å². The van der Waals surface area contributed by atoms with Gasteiger partial charge < -0.3 is 31.3 Å². The molecule has 12 unspecified atom stereocenters. The molecule has 9 heteroatoms. The second-order valence-electron chi connectivity index (χ2n) is 31.2. The number of carbonyl (C=O) groups is 3. The zero-order valence-electron chi connectivity index (χ0n) is 60.9. The van der Waals surface area contributed by atoms with Gasteiger partial charge in [0.25, 0.3) is 0 Å². The smallest absolute Gasteiger partial charge is 0.223 e. The van der Waals surface area contributed by atoms with Gasteiger partial charge in [0.05, 0.1) is 28.9 Å². The van der Waals surface area contributed by atoms with Crippen LogP contribution in [0.15, 0.2) is 0 Å². The number of amides is 3. The highest BCUT2D eigenvalue weighted by atomic mass is 16.3. The lowest BCUT2D eigenvalue weighted by Gasteiger charge is -2.36. The third-order valence-electron chi connectivity index (χ3n) is 19.0. The van der Waals surface area contributed by atoms with Crippen molar-refractivity contribution in [1.82, 2.24) is 16.0 Å². The maximum Gasteiger partial charge on any atom is 0.223 e. The molecule has 0 aliphatic rings. The van der Waals surface area contributed by atoms with E-state index in [0.717, 1.165) is 92.8 Å². The van der Waals surface area contributed by atoms with Crippen LogP contribution in [0.25, 0.3) is 0 Å². The number of hydrogen-bond acceptors (Lipinski definition) is 6. The van der Waals surface area contributed by atoms with E-state index in [1.807, 2.05) is 83.1 Å². The van der Waals surface area contributed by atoms with Crippen LogP contribution in [-0.4, -0.2) is 68.5 Å². The minimum absolute atomic E-state index is 0. The summed E-state index contributed by atoms with van der Waals surface area (Å²) in [7, 11) is 0. The standard InChI is InChI=1S/3C25H51NO2.CH4/c1-19(2)12-9-13-21(5)14-10-15-22(6)16-11-17-25(8,28)23(7)18-26-24(27)20(3)4;1-9-23(27)25(8,26-24(28)20(4)5)18-12-17-22(7)16-11-15-21(6)14-10-13-19(2)3;1-9-23(26-24(27)20(4)5)25(8,28)18-12-17-22(7)16-11-15-21(6)14-10-13-19(2)3;/h19-23,28H,9-18H2,1-8H3,(H,26,27);19-23,27H,9-18H2,1-8H3,(H,26,28);19-23,28H,9-18H2,1-8H3,(H,26,27);1H4. The molecule has 9 nitrogen and oxygen atoms in total. The fourth-order valence-corrected chi connectivity index (χ4v) is 11.7. The number of rotatable bonds is 48. The summed E-state index contributed by atoms with van der Waals surface area (Å²) in [5.41, 5.74) is -2.06. The third-order valence-corrected chi connectivity index (χ3v) is 19.0. The molecule has 0 bridgehead atoms. The quantitative estimate of drug-likeness (QED) is 0.0358. The molecule has 0 heterocycles. The summed E-state index contributed by atoms with van der Waals surface area (Å²) in [5, 5.41) is 41.2. The van der Waals surface area contributed by atoms with Gasteiger partial charge in [-0.3, -0.25) is 14.4 Å². The van der Waals surface area contributed by atoms with Gasteiger partial charge in [0.1, 0.15) is 0 Å². The van der Waals surface area contributed by atoms with Gasteiger partial charge in [0, 0.05) is 30.2 Å². The number of aliphatic hydroxyl groups is 3. The molecule has 0 rings (SSSR count). The topological polar surface area (TPSA) is 148 Å². The lowest BCUT2D eigenvalue weighted by molar-refractivity contribution is -0.128. The Bertz CT molecular complexity index is 1580. The average Bonchev–Trinajstić information content (AvgIpc) is 3.61. The lowest BCUT2D eigenvalue weighted by Crippen LogP contribution is -2.55. The highest BCUT2D eigenvalue weighted by Crippen LogP contribution is 2.30. The van der Waals surface area contributed by atoms with E-state index in [9.17, 15) is 29.7 Å². The van der Waals surface area contributed by atoms with Crippen LogP contribution in [0.4, 0.5) is 0 Å². The van der Waals surface area contributed by atoms with Gasteiger partial charge in [-0.1, -0.05) is 307 Å². The first-order chi connectivity index (χ1) is 39.0. The molecule has 0 saturated heterocycles. The van der Waals surface area contributed by atoms with Crippen molar-refractivity contribution in [3.8, 4) is 0 Å². The zero-order valence-corrected chi connectivity index (χ0v) is 60.9. The monoisotopic (exact) mass is 1210 g/mol. The Labute approximate surface area is 533 Å². The summed E-state index contributed by atoms with van der Waals surface area (Å²) in [6, 6.07) is -0.163. The summed E-state index contributed by atoms with van der Waals surface area (Å²) in [6.45, 7) is 51.9. The second-order valence-corrected chi connectivity index (χ2v) is 31.2. The van der Waals surface area contributed by atoms with Crippen LogP contribution in [0, 0.1) is 76.9 Å². The highest BCUT2D eigenvalue weighted by Gasteiger charge is 2.35. The molecule has 0 radical (unpaired) electrons. The highest BCUT2D eigenvalue weighted by molar-refractivity contribution is 5.79. The zero-order chi connectivity index (χ0) is 65.2. The van der Waals surface area contributed by atoms with Crippen LogP contribution >= 0.6 is 0 Å². The van der Waals surface area contributed by atoms with E-state index in [2.05, 4.69) is 99.0 Å². The summed E-state index contributed by atoms with van der Waals surface area (Å²) < 4.78 is 0. The van der Waals surface area contributed by atoms with Crippen LogP contribution in [0.3, 0.4) is 0 Å². The molecule has 0 aliphatic carbocycles. The van der Waals surface area contributed by atoms with Crippen LogP contribution in [-0.2, 0) is 14.4 Å². The molecule has 0 fully saturated rings. The van der Waals surface area contributed by atoms with Gasteiger partial charge in [0.2, 0.25) is 17.7 Å². The lowest BCUT2D eigenvalue weighted by atomic mass is 9.84. The summed E-state index contributed by atoms with van der Waals surface area (Å²) in [4.78, 5) is 35.9. The Hall–Kier alpha value is -1.71. The summed E-state index contributed by atoms with van der Waals surface area (Å²) in [5.74, 6) is 7.30. The van der Waals surface area contributed by atoms with Crippen LogP contribution < -0.4 is 16.0 Å². The fraction of sp³-hybridized carbons (Fsp3) is 0.961. The van der Waals surface area contributed by atoms with E-state index < -0.39 is 22.8 Å². The minimum Gasteiger partial charge on any atom is -0.391 e. The van der Waals surface area contributed by atoms with E-state index in [4.69, 9.17) is 0 Å². The Morgan fingerprint density at radius 1 is 0.376 bits per heavy atom. The van der Waals surface area contributed by atoms with Gasteiger partial charge in [-0.15, -0.1) is 0 Å². The predicted octanol–water partition coefficient (Wildman–Crippen LogP) is 20.7. The van der Waals surface area contributed by atoms with E-state index in [1.54, 1.807) is 0 Å². The van der Waals surface area contributed by atoms with Crippen molar-refractivity contribution in [3.05, 3.63) is 0 Å².